The van der Waals surface area contributed by atoms with Gasteiger partial charge >= 0.3 is 5.97 Å². The van der Waals surface area contributed by atoms with Crippen LogP contribution in [-0.4, -0.2) is 11.1 Å². The van der Waals surface area contributed by atoms with E-state index in [1.807, 2.05) is 55.5 Å². The van der Waals surface area contributed by atoms with Gasteiger partial charge in [-0.15, -0.1) is 0 Å². The number of aromatic nitrogens is 1. The Bertz CT molecular complexity index is 762. The van der Waals surface area contributed by atoms with E-state index in [4.69, 9.17) is 9.26 Å². The van der Waals surface area contributed by atoms with E-state index in [0.29, 0.717) is 11.5 Å². The van der Waals surface area contributed by atoms with Crippen LogP contribution < -0.4 is 4.74 Å². The summed E-state index contributed by atoms with van der Waals surface area (Å²) in [6, 6.07) is 18.4. The van der Waals surface area contributed by atoms with Crippen molar-refractivity contribution in [2.24, 2.45) is 0 Å². The zero-order valence-electron chi connectivity index (χ0n) is 11.4. The van der Waals surface area contributed by atoms with E-state index in [2.05, 4.69) is 5.16 Å². The van der Waals surface area contributed by atoms with Crippen LogP contribution in [0.15, 0.2) is 65.2 Å². The molecule has 0 aliphatic heterocycles. The van der Waals surface area contributed by atoms with Crippen molar-refractivity contribution in [1.29, 1.82) is 0 Å². The van der Waals surface area contributed by atoms with Crippen LogP contribution in [0.5, 0.6) is 5.75 Å². The lowest BCUT2D eigenvalue weighted by atomic mass is 10.2. The summed E-state index contributed by atoms with van der Waals surface area (Å²) >= 11 is 0. The fraction of sp³-hybridized carbons (Fsp3) is 0.0588. The molecule has 4 heteroatoms. The first-order valence-corrected chi connectivity index (χ1v) is 6.54. The second-order valence-electron chi connectivity index (χ2n) is 4.60. The van der Waals surface area contributed by atoms with Crippen LogP contribution in [0, 0.1) is 6.92 Å². The predicted octanol–water partition coefficient (Wildman–Crippen LogP) is 3.87. The molecule has 1 aromatic heterocycles. The van der Waals surface area contributed by atoms with E-state index in [9.17, 15) is 4.79 Å². The molecule has 1 heterocycles. The third-order valence-electron chi connectivity index (χ3n) is 3.07. The molecule has 4 nitrogen and oxygen atoms in total. The zero-order valence-corrected chi connectivity index (χ0v) is 11.4. The molecule has 0 bridgehead atoms. The van der Waals surface area contributed by atoms with Gasteiger partial charge in [-0.05, 0) is 18.6 Å². The molecule has 0 saturated heterocycles. The van der Waals surface area contributed by atoms with Crippen molar-refractivity contribution in [3.8, 4) is 17.1 Å². The molecule has 0 saturated carbocycles. The minimum absolute atomic E-state index is 0.150. The SMILES string of the molecule is Cc1ccccc1OC(=O)c1cc(-c2ccccc2)on1. The van der Waals surface area contributed by atoms with Gasteiger partial charge in [0.15, 0.2) is 11.5 Å². The first-order valence-electron chi connectivity index (χ1n) is 6.54. The molecule has 0 N–H and O–H groups in total. The summed E-state index contributed by atoms with van der Waals surface area (Å²) in [5, 5.41) is 3.77. The number of carbonyl (C=O) groups excluding carboxylic acids is 1. The van der Waals surface area contributed by atoms with Gasteiger partial charge in [0.25, 0.3) is 0 Å². The van der Waals surface area contributed by atoms with Crippen LogP contribution in [0.1, 0.15) is 16.1 Å². The minimum Gasteiger partial charge on any atom is -0.421 e. The Morgan fingerprint density at radius 3 is 2.52 bits per heavy atom. The summed E-state index contributed by atoms with van der Waals surface area (Å²) in [5.74, 6) is 0.523. The Morgan fingerprint density at radius 2 is 1.76 bits per heavy atom. The van der Waals surface area contributed by atoms with Crippen LogP contribution in [0.3, 0.4) is 0 Å². The van der Waals surface area contributed by atoms with Crippen molar-refractivity contribution in [3.63, 3.8) is 0 Å². The van der Waals surface area contributed by atoms with Gasteiger partial charge in [-0.3, -0.25) is 0 Å². The van der Waals surface area contributed by atoms with Gasteiger partial charge in [0.2, 0.25) is 0 Å². The zero-order chi connectivity index (χ0) is 14.7. The molecule has 0 aliphatic rings. The van der Waals surface area contributed by atoms with Crippen LogP contribution in [0.4, 0.5) is 0 Å². The maximum atomic E-state index is 12.1. The average Bonchev–Trinajstić information content (AvgIpc) is 3.00. The molecule has 3 rings (SSSR count). The van der Waals surface area contributed by atoms with Crippen LogP contribution in [0.2, 0.25) is 0 Å². The number of benzene rings is 2. The topological polar surface area (TPSA) is 52.3 Å². The first kappa shape index (κ1) is 13.1. The number of nitrogens with zero attached hydrogens (tertiary/aromatic N) is 1. The van der Waals surface area contributed by atoms with Crippen LogP contribution >= 0.6 is 0 Å². The normalized spacial score (nSPS) is 10.3. The lowest BCUT2D eigenvalue weighted by molar-refractivity contribution is 0.0723. The number of rotatable bonds is 3. The van der Waals surface area contributed by atoms with E-state index in [1.54, 1.807) is 12.1 Å². The Balaban J connectivity index is 1.80. The second kappa shape index (κ2) is 5.63. The fourth-order valence-electron chi connectivity index (χ4n) is 1.93. The largest absolute Gasteiger partial charge is 0.421 e. The molecule has 0 amide bonds. The van der Waals surface area contributed by atoms with Gasteiger partial charge in [-0.1, -0.05) is 53.7 Å². The molecular weight excluding hydrogens is 266 g/mol. The Hall–Kier alpha value is -2.88. The van der Waals surface area contributed by atoms with Crippen LogP contribution in [-0.2, 0) is 0 Å². The van der Waals surface area contributed by atoms with E-state index in [1.165, 1.54) is 0 Å². The van der Waals surface area contributed by atoms with Crippen LogP contribution in [0.25, 0.3) is 11.3 Å². The average molecular weight is 279 g/mol. The van der Waals surface area contributed by atoms with Gasteiger partial charge in [-0.25, -0.2) is 4.79 Å². The molecule has 0 fully saturated rings. The van der Waals surface area contributed by atoms with Gasteiger partial charge in [-0.2, -0.15) is 0 Å². The standard InChI is InChI=1S/C17H13NO3/c1-12-7-5-6-10-15(12)20-17(19)14-11-16(21-18-14)13-8-3-2-4-9-13/h2-11H,1H3. The Labute approximate surface area is 122 Å². The summed E-state index contributed by atoms with van der Waals surface area (Å²) < 4.78 is 10.5. The highest BCUT2D eigenvalue weighted by Crippen LogP contribution is 2.22. The number of aryl methyl sites for hydroxylation is 1. The molecule has 0 aliphatic carbocycles. The number of ether oxygens (including phenoxy) is 1. The molecule has 0 unspecified atom stereocenters. The van der Waals surface area contributed by atoms with Gasteiger partial charge in [0, 0.05) is 11.6 Å². The van der Waals surface area contributed by atoms with Gasteiger partial charge < -0.3 is 9.26 Å². The van der Waals surface area contributed by atoms with Crippen molar-refractivity contribution in [3.05, 3.63) is 71.9 Å². The minimum atomic E-state index is -0.532. The quantitative estimate of drug-likeness (QED) is 0.539. The molecule has 0 radical (unpaired) electrons. The molecule has 104 valence electrons. The predicted molar refractivity (Wildman–Crippen MR) is 78.1 cm³/mol. The Morgan fingerprint density at radius 1 is 1.05 bits per heavy atom. The number of para-hydroxylation sites is 1. The van der Waals surface area contributed by atoms with Gasteiger partial charge in [0.05, 0.1) is 0 Å². The van der Waals surface area contributed by atoms with Gasteiger partial charge in [0.1, 0.15) is 5.75 Å². The summed E-state index contributed by atoms with van der Waals surface area (Å²) in [7, 11) is 0. The van der Waals surface area contributed by atoms with E-state index in [-0.39, 0.29) is 5.69 Å². The maximum Gasteiger partial charge on any atom is 0.365 e. The van der Waals surface area contributed by atoms with Crippen molar-refractivity contribution in [2.45, 2.75) is 6.92 Å². The smallest absolute Gasteiger partial charge is 0.365 e. The molecule has 3 aromatic rings. The Kier molecular flexibility index (Phi) is 3.51. The molecule has 21 heavy (non-hydrogen) atoms. The van der Waals surface area contributed by atoms with Crippen molar-refractivity contribution >= 4 is 5.97 Å². The van der Waals surface area contributed by atoms with E-state index in [0.717, 1.165) is 11.1 Å². The third-order valence-corrected chi connectivity index (χ3v) is 3.07. The fourth-order valence-corrected chi connectivity index (χ4v) is 1.93. The summed E-state index contributed by atoms with van der Waals surface area (Å²) in [6.45, 7) is 1.88. The first-order chi connectivity index (χ1) is 10.2. The van der Waals surface area contributed by atoms with E-state index < -0.39 is 5.97 Å². The number of carbonyl (C=O) groups is 1. The van der Waals surface area contributed by atoms with Crippen molar-refractivity contribution in [2.75, 3.05) is 0 Å². The highest BCUT2D eigenvalue weighted by Gasteiger charge is 2.16. The summed E-state index contributed by atoms with van der Waals surface area (Å²) in [6.07, 6.45) is 0. The summed E-state index contributed by atoms with van der Waals surface area (Å²) in [4.78, 5) is 12.1. The highest BCUT2D eigenvalue weighted by molar-refractivity contribution is 5.90. The number of hydrogen-bond donors (Lipinski definition) is 0. The molecule has 0 spiro atoms. The lowest BCUT2D eigenvalue weighted by Gasteiger charge is -2.04. The van der Waals surface area contributed by atoms with Crippen molar-refractivity contribution < 1.29 is 14.1 Å². The number of hydrogen-bond acceptors (Lipinski definition) is 4. The van der Waals surface area contributed by atoms with Crippen molar-refractivity contribution in [1.82, 2.24) is 5.16 Å². The molecular formula is C17H13NO3. The van der Waals surface area contributed by atoms with E-state index >= 15 is 0 Å². The lowest BCUT2D eigenvalue weighted by Crippen LogP contribution is -2.09. The maximum absolute atomic E-state index is 12.1. The highest BCUT2D eigenvalue weighted by atomic mass is 16.5. The second-order valence-corrected chi connectivity index (χ2v) is 4.60. The summed E-state index contributed by atoms with van der Waals surface area (Å²) in [5.41, 5.74) is 1.90. The molecule has 0 atom stereocenters. The molecule has 2 aromatic carbocycles. The third kappa shape index (κ3) is 2.84. The number of esters is 1. The monoisotopic (exact) mass is 279 g/mol.